The molecule has 1 amide bonds. The SMILES string of the molecule is CCSc1ccc(Cl)cc1C(=O)NCCCCN.Cl. The number of hydrogen-bond acceptors (Lipinski definition) is 3. The van der Waals surface area contributed by atoms with Gasteiger partial charge in [0.1, 0.15) is 0 Å². The van der Waals surface area contributed by atoms with Crippen molar-refractivity contribution in [1.82, 2.24) is 5.32 Å². The van der Waals surface area contributed by atoms with Crippen molar-refractivity contribution in [2.24, 2.45) is 5.73 Å². The van der Waals surface area contributed by atoms with Crippen LogP contribution in [0.1, 0.15) is 30.1 Å². The number of carbonyl (C=O) groups excluding carboxylic acids is 1. The smallest absolute Gasteiger partial charge is 0.252 e. The molecule has 0 saturated heterocycles. The lowest BCUT2D eigenvalue weighted by molar-refractivity contribution is 0.0950. The summed E-state index contributed by atoms with van der Waals surface area (Å²) in [5, 5.41) is 3.48. The number of hydrogen-bond donors (Lipinski definition) is 2. The minimum absolute atomic E-state index is 0. The van der Waals surface area contributed by atoms with Gasteiger partial charge in [-0.1, -0.05) is 18.5 Å². The van der Waals surface area contributed by atoms with Crippen LogP contribution in [-0.2, 0) is 0 Å². The minimum atomic E-state index is -0.0644. The maximum atomic E-state index is 12.0. The van der Waals surface area contributed by atoms with E-state index in [1.54, 1.807) is 17.8 Å². The van der Waals surface area contributed by atoms with Crippen molar-refractivity contribution in [2.45, 2.75) is 24.7 Å². The van der Waals surface area contributed by atoms with Crippen LogP contribution >= 0.6 is 35.8 Å². The Balaban J connectivity index is 0.00000324. The van der Waals surface area contributed by atoms with Crippen LogP contribution in [0.25, 0.3) is 0 Å². The molecule has 0 atom stereocenters. The number of nitrogens with one attached hydrogen (secondary N) is 1. The predicted molar refractivity (Wildman–Crippen MR) is 85.7 cm³/mol. The van der Waals surface area contributed by atoms with E-state index < -0.39 is 0 Å². The number of rotatable bonds is 7. The Morgan fingerprint density at radius 3 is 2.79 bits per heavy atom. The predicted octanol–water partition coefficient (Wildman–Crippen LogP) is 3.34. The van der Waals surface area contributed by atoms with Gasteiger partial charge >= 0.3 is 0 Å². The van der Waals surface area contributed by atoms with Crippen molar-refractivity contribution in [3.63, 3.8) is 0 Å². The van der Waals surface area contributed by atoms with Crippen LogP contribution in [0.4, 0.5) is 0 Å². The molecule has 0 fully saturated rings. The van der Waals surface area contributed by atoms with Gasteiger partial charge < -0.3 is 11.1 Å². The summed E-state index contributed by atoms with van der Waals surface area (Å²) in [4.78, 5) is 13.0. The van der Waals surface area contributed by atoms with Crippen molar-refractivity contribution < 1.29 is 4.79 Å². The van der Waals surface area contributed by atoms with Gasteiger partial charge in [-0.05, 0) is 43.3 Å². The molecule has 0 aliphatic carbocycles. The molecule has 0 bridgehead atoms. The molecule has 6 heteroatoms. The normalized spacial score (nSPS) is 9.84. The molecule has 0 radical (unpaired) electrons. The van der Waals surface area contributed by atoms with Gasteiger partial charge in [0.15, 0.2) is 0 Å². The Kier molecular flexibility index (Phi) is 10.1. The van der Waals surface area contributed by atoms with Crippen molar-refractivity contribution in [2.75, 3.05) is 18.8 Å². The summed E-state index contributed by atoms with van der Waals surface area (Å²) in [7, 11) is 0. The number of carbonyl (C=O) groups is 1. The maximum Gasteiger partial charge on any atom is 0.252 e. The Bertz CT molecular complexity index is 402. The van der Waals surface area contributed by atoms with Gasteiger partial charge in [0, 0.05) is 16.5 Å². The Hall–Kier alpha value is -0.420. The Morgan fingerprint density at radius 2 is 2.16 bits per heavy atom. The van der Waals surface area contributed by atoms with E-state index in [-0.39, 0.29) is 18.3 Å². The topological polar surface area (TPSA) is 55.1 Å². The third kappa shape index (κ3) is 6.52. The second kappa shape index (κ2) is 10.4. The molecule has 0 aliphatic rings. The number of thioether (sulfide) groups is 1. The fraction of sp³-hybridized carbons (Fsp3) is 0.462. The zero-order chi connectivity index (χ0) is 13.4. The molecule has 1 aromatic carbocycles. The molecular formula is C13H20Cl2N2OS. The van der Waals surface area contributed by atoms with Gasteiger partial charge in [0.2, 0.25) is 0 Å². The first-order valence-electron chi connectivity index (χ1n) is 6.09. The first-order valence-corrected chi connectivity index (χ1v) is 7.46. The molecule has 1 rings (SSSR count). The molecule has 0 unspecified atom stereocenters. The molecule has 0 aliphatic heterocycles. The van der Waals surface area contributed by atoms with Gasteiger partial charge in [-0.15, -0.1) is 24.2 Å². The van der Waals surface area contributed by atoms with Crippen LogP contribution in [-0.4, -0.2) is 24.7 Å². The number of halogens is 2. The Labute approximate surface area is 130 Å². The number of unbranched alkanes of at least 4 members (excludes halogenated alkanes) is 1. The zero-order valence-electron chi connectivity index (χ0n) is 10.9. The minimum Gasteiger partial charge on any atom is -0.352 e. The number of benzene rings is 1. The third-order valence-corrected chi connectivity index (χ3v) is 3.59. The molecule has 3 N–H and O–H groups in total. The molecule has 19 heavy (non-hydrogen) atoms. The lowest BCUT2D eigenvalue weighted by Crippen LogP contribution is -2.25. The molecular weight excluding hydrogens is 303 g/mol. The van der Waals surface area contributed by atoms with Crippen LogP contribution in [0.5, 0.6) is 0 Å². The van der Waals surface area contributed by atoms with Crippen LogP contribution < -0.4 is 11.1 Å². The monoisotopic (exact) mass is 322 g/mol. The fourth-order valence-corrected chi connectivity index (χ4v) is 2.48. The summed E-state index contributed by atoms with van der Waals surface area (Å²) in [6.07, 6.45) is 1.82. The standard InChI is InChI=1S/C13H19ClN2OS.ClH/c1-2-18-12-6-5-10(14)9-11(12)13(17)16-8-4-3-7-15;/h5-6,9H,2-4,7-8,15H2,1H3,(H,16,17);1H. The van der Waals surface area contributed by atoms with Crippen LogP contribution in [0.3, 0.4) is 0 Å². The van der Waals surface area contributed by atoms with Crippen molar-refractivity contribution in [1.29, 1.82) is 0 Å². The lowest BCUT2D eigenvalue weighted by Gasteiger charge is -2.09. The van der Waals surface area contributed by atoms with E-state index in [1.165, 1.54) is 0 Å². The average molecular weight is 323 g/mol. The molecule has 0 aromatic heterocycles. The number of amides is 1. The fourth-order valence-electron chi connectivity index (χ4n) is 1.53. The van der Waals surface area contributed by atoms with Gasteiger partial charge in [0.25, 0.3) is 5.91 Å². The largest absolute Gasteiger partial charge is 0.352 e. The first kappa shape index (κ1) is 18.6. The van der Waals surface area contributed by atoms with Crippen LogP contribution in [0, 0.1) is 0 Å². The van der Waals surface area contributed by atoms with E-state index in [4.69, 9.17) is 17.3 Å². The summed E-state index contributed by atoms with van der Waals surface area (Å²) < 4.78 is 0. The van der Waals surface area contributed by atoms with E-state index in [2.05, 4.69) is 12.2 Å². The van der Waals surface area contributed by atoms with Crippen molar-refractivity contribution >= 4 is 41.7 Å². The van der Waals surface area contributed by atoms with E-state index in [0.717, 1.165) is 23.5 Å². The molecule has 1 aromatic rings. The highest BCUT2D eigenvalue weighted by Gasteiger charge is 2.11. The summed E-state index contributed by atoms with van der Waals surface area (Å²) in [6.45, 7) is 3.37. The van der Waals surface area contributed by atoms with E-state index >= 15 is 0 Å². The maximum absolute atomic E-state index is 12.0. The lowest BCUT2D eigenvalue weighted by atomic mass is 10.2. The number of nitrogens with two attached hydrogens (primary N) is 1. The van der Waals surface area contributed by atoms with Gasteiger partial charge in [0.05, 0.1) is 5.56 Å². The average Bonchev–Trinajstić information content (AvgIpc) is 2.37. The summed E-state index contributed by atoms with van der Waals surface area (Å²) in [5.74, 6) is 0.861. The second-order valence-corrected chi connectivity index (χ2v) is 5.57. The van der Waals surface area contributed by atoms with E-state index in [9.17, 15) is 4.79 Å². The zero-order valence-corrected chi connectivity index (χ0v) is 13.3. The highest BCUT2D eigenvalue weighted by molar-refractivity contribution is 7.99. The highest BCUT2D eigenvalue weighted by atomic mass is 35.5. The molecule has 0 saturated carbocycles. The van der Waals surface area contributed by atoms with Gasteiger partial charge in [-0.3, -0.25) is 4.79 Å². The molecule has 0 heterocycles. The van der Waals surface area contributed by atoms with Crippen molar-refractivity contribution in [3.8, 4) is 0 Å². The van der Waals surface area contributed by atoms with Crippen molar-refractivity contribution in [3.05, 3.63) is 28.8 Å². The first-order chi connectivity index (χ1) is 8.69. The molecule has 3 nitrogen and oxygen atoms in total. The van der Waals surface area contributed by atoms with Crippen LogP contribution in [0.15, 0.2) is 23.1 Å². The summed E-state index contributed by atoms with van der Waals surface area (Å²) in [5.41, 5.74) is 6.06. The van der Waals surface area contributed by atoms with Gasteiger partial charge in [-0.25, -0.2) is 0 Å². The summed E-state index contributed by atoms with van der Waals surface area (Å²) in [6, 6.07) is 5.42. The van der Waals surface area contributed by atoms with Crippen LogP contribution in [0.2, 0.25) is 5.02 Å². The second-order valence-electron chi connectivity index (χ2n) is 3.83. The van der Waals surface area contributed by atoms with E-state index in [1.807, 2.05) is 12.1 Å². The summed E-state index contributed by atoms with van der Waals surface area (Å²) >= 11 is 7.58. The molecule has 0 spiro atoms. The van der Waals surface area contributed by atoms with Gasteiger partial charge in [-0.2, -0.15) is 0 Å². The quantitative estimate of drug-likeness (QED) is 0.598. The van der Waals surface area contributed by atoms with E-state index in [0.29, 0.717) is 23.7 Å². The third-order valence-electron chi connectivity index (χ3n) is 2.40. The highest BCUT2D eigenvalue weighted by Crippen LogP contribution is 2.25. The molecule has 108 valence electrons. The Morgan fingerprint density at radius 1 is 1.42 bits per heavy atom.